The molecule has 112 valence electrons. The van der Waals surface area contributed by atoms with Crippen LogP contribution in [0, 0.1) is 11.7 Å². The van der Waals surface area contributed by atoms with E-state index < -0.39 is 26.8 Å². The molecule has 1 amide bonds. The minimum absolute atomic E-state index is 0.258. The number of hydrogen-bond acceptors (Lipinski definition) is 3. The molecule has 0 aliphatic carbocycles. The van der Waals surface area contributed by atoms with E-state index >= 15 is 0 Å². The second-order valence-corrected chi connectivity index (χ2v) is 6.69. The molecule has 0 radical (unpaired) electrons. The standard InChI is InChI=1S/C13H19FN2O3S/c1-9(2)12(13(17)16(3)4)15-20(18,19)11-8-6-5-7-10(11)14/h5-9,12,15H,1-4H3/t12-/m1/s1. The molecule has 1 atom stereocenters. The van der Waals surface area contributed by atoms with Gasteiger partial charge in [0, 0.05) is 14.1 Å². The summed E-state index contributed by atoms with van der Waals surface area (Å²) in [6, 6.07) is 4.12. The number of likely N-dealkylation sites (N-methyl/N-ethyl adjacent to an activating group) is 1. The molecule has 1 rings (SSSR count). The number of carbonyl (C=O) groups excluding carboxylic acids is 1. The summed E-state index contributed by atoms with van der Waals surface area (Å²) in [6.45, 7) is 3.44. The van der Waals surface area contributed by atoms with Gasteiger partial charge >= 0.3 is 0 Å². The highest BCUT2D eigenvalue weighted by atomic mass is 32.2. The topological polar surface area (TPSA) is 66.5 Å². The summed E-state index contributed by atoms with van der Waals surface area (Å²) in [5, 5.41) is 0. The first-order chi connectivity index (χ1) is 9.16. The smallest absolute Gasteiger partial charge is 0.244 e. The van der Waals surface area contributed by atoms with Crippen molar-refractivity contribution in [1.29, 1.82) is 0 Å². The molecule has 7 heteroatoms. The fourth-order valence-corrected chi connectivity index (χ4v) is 3.06. The maximum absolute atomic E-state index is 13.6. The van der Waals surface area contributed by atoms with Crippen molar-refractivity contribution in [2.24, 2.45) is 5.92 Å². The number of nitrogens with one attached hydrogen (secondary N) is 1. The Morgan fingerprint density at radius 2 is 1.80 bits per heavy atom. The molecule has 0 aliphatic rings. The summed E-state index contributed by atoms with van der Waals surface area (Å²) < 4.78 is 40.2. The molecule has 1 aromatic carbocycles. The highest BCUT2D eigenvalue weighted by Crippen LogP contribution is 2.16. The quantitative estimate of drug-likeness (QED) is 0.889. The lowest BCUT2D eigenvalue weighted by Gasteiger charge is -2.24. The van der Waals surface area contributed by atoms with Gasteiger partial charge in [0.1, 0.15) is 16.8 Å². The first-order valence-electron chi connectivity index (χ1n) is 6.15. The van der Waals surface area contributed by atoms with Crippen LogP contribution in [0.1, 0.15) is 13.8 Å². The molecule has 0 heterocycles. The summed E-state index contributed by atoms with van der Waals surface area (Å²) in [6.07, 6.45) is 0. The van der Waals surface area contributed by atoms with Gasteiger partial charge in [0.25, 0.3) is 0 Å². The minimum Gasteiger partial charge on any atom is -0.347 e. The molecule has 0 saturated heterocycles. The van der Waals surface area contributed by atoms with Gasteiger partial charge in [-0.2, -0.15) is 4.72 Å². The Hall–Kier alpha value is -1.47. The molecule has 1 N–H and O–H groups in total. The van der Waals surface area contributed by atoms with Crippen LogP contribution in [0.2, 0.25) is 0 Å². The van der Waals surface area contributed by atoms with Gasteiger partial charge in [0.15, 0.2) is 0 Å². The van der Waals surface area contributed by atoms with Crippen LogP contribution in [0.25, 0.3) is 0 Å². The number of amides is 1. The van der Waals surface area contributed by atoms with Gasteiger partial charge in [0.05, 0.1) is 0 Å². The fraction of sp³-hybridized carbons (Fsp3) is 0.462. The van der Waals surface area contributed by atoms with Gasteiger partial charge in [0.2, 0.25) is 15.9 Å². The van der Waals surface area contributed by atoms with Gasteiger partial charge in [-0.3, -0.25) is 4.79 Å². The van der Waals surface area contributed by atoms with E-state index in [9.17, 15) is 17.6 Å². The Morgan fingerprint density at radius 1 is 1.25 bits per heavy atom. The third-order valence-electron chi connectivity index (χ3n) is 2.78. The molecule has 20 heavy (non-hydrogen) atoms. The highest BCUT2D eigenvalue weighted by Gasteiger charge is 2.30. The van der Waals surface area contributed by atoms with Crippen molar-refractivity contribution in [2.75, 3.05) is 14.1 Å². The third-order valence-corrected chi connectivity index (χ3v) is 4.26. The van der Waals surface area contributed by atoms with Gasteiger partial charge in [-0.25, -0.2) is 12.8 Å². The monoisotopic (exact) mass is 302 g/mol. The zero-order valence-corrected chi connectivity index (χ0v) is 12.7. The lowest BCUT2D eigenvalue weighted by Crippen LogP contribution is -2.49. The van der Waals surface area contributed by atoms with Crippen molar-refractivity contribution in [3.8, 4) is 0 Å². The Labute approximate surface area is 118 Å². The molecule has 5 nitrogen and oxygen atoms in total. The maximum atomic E-state index is 13.6. The molecular weight excluding hydrogens is 283 g/mol. The van der Waals surface area contributed by atoms with E-state index in [4.69, 9.17) is 0 Å². The number of benzene rings is 1. The predicted octanol–water partition coefficient (Wildman–Crippen LogP) is 1.22. The first-order valence-corrected chi connectivity index (χ1v) is 7.63. The van der Waals surface area contributed by atoms with E-state index in [1.54, 1.807) is 13.8 Å². The molecule has 0 aromatic heterocycles. The Kier molecular flexibility index (Phi) is 5.24. The van der Waals surface area contributed by atoms with E-state index in [1.165, 1.54) is 31.1 Å². The van der Waals surface area contributed by atoms with Gasteiger partial charge in [-0.1, -0.05) is 26.0 Å². The SMILES string of the molecule is CC(C)[C@@H](NS(=O)(=O)c1ccccc1F)C(=O)N(C)C. The van der Waals surface area contributed by atoms with Gasteiger partial charge in [-0.05, 0) is 18.1 Å². The van der Waals surface area contributed by atoms with Crippen molar-refractivity contribution in [1.82, 2.24) is 9.62 Å². The van der Waals surface area contributed by atoms with Crippen LogP contribution >= 0.6 is 0 Å². The number of nitrogens with zero attached hydrogens (tertiary/aromatic N) is 1. The van der Waals surface area contributed by atoms with E-state index in [0.29, 0.717) is 0 Å². The number of carbonyl (C=O) groups is 1. The fourth-order valence-electron chi connectivity index (χ4n) is 1.64. The van der Waals surface area contributed by atoms with Crippen molar-refractivity contribution in [3.05, 3.63) is 30.1 Å². The van der Waals surface area contributed by atoms with E-state index in [2.05, 4.69) is 4.72 Å². The zero-order valence-electron chi connectivity index (χ0n) is 11.9. The van der Waals surface area contributed by atoms with Crippen molar-refractivity contribution in [2.45, 2.75) is 24.8 Å². The van der Waals surface area contributed by atoms with Crippen molar-refractivity contribution >= 4 is 15.9 Å². The molecule has 0 spiro atoms. The molecule has 0 saturated carbocycles. The van der Waals surface area contributed by atoms with Crippen LogP contribution in [-0.2, 0) is 14.8 Å². The van der Waals surface area contributed by atoms with Crippen molar-refractivity contribution < 1.29 is 17.6 Å². The first kappa shape index (κ1) is 16.6. The number of hydrogen-bond donors (Lipinski definition) is 1. The normalized spacial score (nSPS) is 13.3. The summed E-state index contributed by atoms with van der Waals surface area (Å²) in [5.74, 6) is -1.48. The van der Waals surface area contributed by atoms with Crippen LogP contribution in [0.15, 0.2) is 29.2 Å². The maximum Gasteiger partial charge on any atom is 0.244 e. The molecule has 0 bridgehead atoms. The van der Waals surface area contributed by atoms with E-state index in [0.717, 1.165) is 12.1 Å². The average Bonchev–Trinajstić information content (AvgIpc) is 2.35. The van der Waals surface area contributed by atoms with Crippen molar-refractivity contribution in [3.63, 3.8) is 0 Å². The molecule has 0 fully saturated rings. The predicted molar refractivity (Wildman–Crippen MR) is 74.0 cm³/mol. The lowest BCUT2D eigenvalue weighted by atomic mass is 10.0. The van der Waals surface area contributed by atoms with E-state index in [1.807, 2.05) is 0 Å². The molecule has 0 aliphatic heterocycles. The summed E-state index contributed by atoms with van der Waals surface area (Å²) in [4.78, 5) is 12.8. The summed E-state index contributed by atoms with van der Waals surface area (Å²) in [5.41, 5.74) is 0. The number of rotatable bonds is 5. The zero-order chi connectivity index (χ0) is 15.5. The van der Waals surface area contributed by atoms with E-state index in [-0.39, 0.29) is 11.8 Å². The second-order valence-electron chi connectivity index (χ2n) is 5.01. The van der Waals surface area contributed by atoms with Crippen LogP contribution < -0.4 is 4.72 Å². The van der Waals surface area contributed by atoms with Crippen LogP contribution in [0.3, 0.4) is 0 Å². The summed E-state index contributed by atoms with van der Waals surface area (Å²) >= 11 is 0. The largest absolute Gasteiger partial charge is 0.347 e. The number of halogens is 1. The molecule has 0 unspecified atom stereocenters. The average molecular weight is 302 g/mol. The molecular formula is C13H19FN2O3S. The lowest BCUT2D eigenvalue weighted by molar-refractivity contribution is -0.131. The molecule has 1 aromatic rings. The minimum atomic E-state index is -4.09. The highest BCUT2D eigenvalue weighted by molar-refractivity contribution is 7.89. The Balaban J connectivity index is 3.11. The Morgan fingerprint density at radius 3 is 2.25 bits per heavy atom. The van der Waals surface area contributed by atoms with Gasteiger partial charge < -0.3 is 4.90 Å². The van der Waals surface area contributed by atoms with Crippen LogP contribution in [0.5, 0.6) is 0 Å². The summed E-state index contributed by atoms with van der Waals surface area (Å²) in [7, 11) is -1.01. The van der Waals surface area contributed by atoms with Crippen LogP contribution in [-0.4, -0.2) is 39.4 Å². The Bertz CT molecular complexity index is 585. The van der Waals surface area contributed by atoms with Gasteiger partial charge in [-0.15, -0.1) is 0 Å². The second kappa shape index (κ2) is 6.32. The van der Waals surface area contributed by atoms with Crippen LogP contribution in [0.4, 0.5) is 4.39 Å². The third kappa shape index (κ3) is 3.77. The number of sulfonamides is 1.